The Morgan fingerprint density at radius 2 is 1.77 bits per heavy atom. The number of nitrogens with zero attached hydrogens (tertiary/aromatic N) is 1. The summed E-state index contributed by atoms with van der Waals surface area (Å²) in [6.07, 6.45) is 0.625. The highest BCUT2D eigenvalue weighted by Crippen LogP contribution is 2.33. The molecule has 2 aromatic carbocycles. The van der Waals surface area contributed by atoms with Gasteiger partial charge in [0.25, 0.3) is 0 Å². The number of hydrogen-bond donors (Lipinski definition) is 1. The molecule has 0 radical (unpaired) electrons. The van der Waals surface area contributed by atoms with Crippen molar-refractivity contribution < 1.29 is 14.6 Å². The molecule has 0 spiro atoms. The summed E-state index contributed by atoms with van der Waals surface area (Å²) in [5.74, 6) is -0.256. The Hall–Kier alpha value is -2.75. The van der Waals surface area contributed by atoms with E-state index in [1.54, 1.807) is 13.2 Å². The lowest BCUT2D eigenvalue weighted by atomic mass is 9.87. The minimum atomic E-state index is -0.912. The van der Waals surface area contributed by atoms with Crippen LogP contribution in [0, 0.1) is 0 Å². The normalized spacial score (nSPS) is 11.7. The van der Waals surface area contributed by atoms with Crippen molar-refractivity contribution in [3.8, 4) is 11.4 Å². The molecule has 0 aliphatic heterocycles. The van der Waals surface area contributed by atoms with E-state index >= 15 is 0 Å². The van der Waals surface area contributed by atoms with Gasteiger partial charge < -0.3 is 14.4 Å². The summed E-state index contributed by atoms with van der Waals surface area (Å²) in [6, 6.07) is 14.0. The minimum absolute atomic E-state index is 0.0739. The van der Waals surface area contributed by atoms with Gasteiger partial charge in [-0.25, -0.2) is 4.79 Å². The van der Waals surface area contributed by atoms with Crippen LogP contribution in [0.5, 0.6) is 5.75 Å². The van der Waals surface area contributed by atoms with Crippen molar-refractivity contribution >= 4 is 16.9 Å². The highest BCUT2D eigenvalue weighted by molar-refractivity contribution is 6.06. The van der Waals surface area contributed by atoms with Crippen molar-refractivity contribution in [3.05, 3.63) is 59.3 Å². The van der Waals surface area contributed by atoms with Gasteiger partial charge in [0.05, 0.1) is 18.2 Å². The standard InChI is InChI=1S/C22H25NO3/c1-6-18-20(21(24)25)17-13-16(26-5)11-12-19(17)23(18)15-9-7-14(8-10-15)22(2,3)4/h7-13H,6H2,1-5H3,(H,24,25). The molecular formula is C22H25NO3. The molecule has 26 heavy (non-hydrogen) atoms. The molecule has 1 heterocycles. The number of benzene rings is 2. The summed E-state index contributed by atoms with van der Waals surface area (Å²) in [5, 5.41) is 10.5. The van der Waals surface area contributed by atoms with E-state index in [-0.39, 0.29) is 5.41 Å². The molecule has 4 heteroatoms. The molecule has 0 bridgehead atoms. The second-order valence-corrected chi connectivity index (χ2v) is 7.50. The molecule has 0 amide bonds. The van der Waals surface area contributed by atoms with Gasteiger partial charge in [0.15, 0.2) is 0 Å². The van der Waals surface area contributed by atoms with E-state index in [9.17, 15) is 9.90 Å². The number of methoxy groups -OCH3 is 1. The number of fused-ring (bicyclic) bond motifs is 1. The van der Waals surface area contributed by atoms with Crippen LogP contribution in [0.2, 0.25) is 0 Å². The van der Waals surface area contributed by atoms with Gasteiger partial charge >= 0.3 is 5.97 Å². The largest absolute Gasteiger partial charge is 0.497 e. The molecule has 3 aromatic rings. The molecule has 1 aromatic heterocycles. The number of hydrogen-bond acceptors (Lipinski definition) is 2. The summed E-state index contributed by atoms with van der Waals surface area (Å²) in [7, 11) is 1.59. The van der Waals surface area contributed by atoms with Gasteiger partial charge in [-0.3, -0.25) is 0 Å². The average molecular weight is 351 g/mol. The summed E-state index contributed by atoms with van der Waals surface area (Å²) in [5.41, 5.74) is 4.31. The molecule has 136 valence electrons. The van der Waals surface area contributed by atoms with Gasteiger partial charge in [-0.15, -0.1) is 0 Å². The lowest BCUT2D eigenvalue weighted by Gasteiger charge is -2.20. The second-order valence-electron chi connectivity index (χ2n) is 7.50. The zero-order valence-electron chi connectivity index (χ0n) is 16.0. The van der Waals surface area contributed by atoms with Crippen molar-refractivity contribution in [2.24, 2.45) is 0 Å². The van der Waals surface area contributed by atoms with Crippen LogP contribution < -0.4 is 4.74 Å². The molecule has 0 aliphatic rings. The Kier molecular flexibility index (Phi) is 4.53. The summed E-state index contributed by atoms with van der Waals surface area (Å²) in [4.78, 5) is 12.0. The van der Waals surface area contributed by atoms with E-state index in [0.29, 0.717) is 23.1 Å². The van der Waals surface area contributed by atoms with Crippen LogP contribution in [-0.2, 0) is 11.8 Å². The number of carboxylic acids is 1. The van der Waals surface area contributed by atoms with E-state index < -0.39 is 5.97 Å². The van der Waals surface area contributed by atoms with E-state index in [1.807, 2.05) is 23.6 Å². The van der Waals surface area contributed by atoms with Gasteiger partial charge in [0, 0.05) is 16.8 Å². The van der Waals surface area contributed by atoms with Crippen molar-refractivity contribution in [2.45, 2.75) is 39.5 Å². The first-order valence-corrected chi connectivity index (χ1v) is 8.83. The third-order valence-electron chi connectivity index (χ3n) is 4.81. The Labute approximate surface area is 154 Å². The lowest BCUT2D eigenvalue weighted by Crippen LogP contribution is -2.11. The maximum absolute atomic E-state index is 12.0. The highest BCUT2D eigenvalue weighted by atomic mass is 16.5. The molecule has 0 saturated heterocycles. The first-order chi connectivity index (χ1) is 12.3. The summed E-state index contributed by atoms with van der Waals surface area (Å²) >= 11 is 0. The number of rotatable bonds is 4. The molecule has 4 nitrogen and oxygen atoms in total. The number of aromatic nitrogens is 1. The minimum Gasteiger partial charge on any atom is -0.497 e. The molecule has 1 N–H and O–H groups in total. The fourth-order valence-corrected chi connectivity index (χ4v) is 3.43. The predicted molar refractivity (Wildman–Crippen MR) is 105 cm³/mol. The van der Waals surface area contributed by atoms with Gasteiger partial charge in [0.1, 0.15) is 5.75 Å². The zero-order chi connectivity index (χ0) is 19.1. The van der Waals surface area contributed by atoms with Crippen LogP contribution >= 0.6 is 0 Å². The van der Waals surface area contributed by atoms with E-state index in [4.69, 9.17) is 4.74 Å². The fraction of sp³-hybridized carbons (Fsp3) is 0.318. The van der Waals surface area contributed by atoms with Crippen LogP contribution in [0.25, 0.3) is 16.6 Å². The van der Waals surface area contributed by atoms with Gasteiger partial charge in [0.2, 0.25) is 0 Å². The quantitative estimate of drug-likeness (QED) is 0.703. The molecule has 0 unspecified atom stereocenters. The van der Waals surface area contributed by atoms with Crippen LogP contribution in [0.15, 0.2) is 42.5 Å². The van der Waals surface area contributed by atoms with Crippen molar-refractivity contribution in [1.29, 1.82) is 0 Å². The Morgan fingerprint density at radius 1 is 1.12 bits per heavy atom. The maximum Gasteiger partial charge on any atom is 0.338 e. The van der Waals surface area contributed by atoms with Crippen LogP contribution in [0.3, 0.4) is 0 Å². The first kappa shape index (κ1) is 18.1. The molecular weight excluding hydrogens is 326 g/mol. The Balaban J connectivity index is 2.30. The lowest BCUT2D eigenvalue weighted by molar-refractivity contribution is 0.0697. The number of aromatic carboxylic acids is 1. The first-order valence-electron chi connectivity index (χ1n) is 8.83. The zero-order valence-corrected chi connectivity index (χ0v) is 16.0. The van der Waals surface area contributed by atoms with E-state index in [0.717, 1.165) is 16.9 Å². The van der Waals surface area contributed by atoms with Gasteiger partial charge in [-0.2, -0.15) is 0 Å². The molecule has 0 saturated carbocycles. The third-order valence-corrected chi connectivity index (χ3v) is 4.81. The van der Waals surface area contributed by atoms with Gasteiger partial charge in [-0.05, 0) is 47.7 Å². The SMILES string of the molecule is CCc1c(C(=O)O)c2cc(OC)ccc2n1-c1ccc(C(C)(C)C)cc1. The maximum atomic E-state index is 12.0. The van der Waals surface area contributed by atoms with Gasteiger partial charge in [-0.1, -0.05) is 39.8 Å². The van der Waals surface area contributed by atoms with Crippen molar-refractivity contribution in [1.82, 2.24) is 4.57 Å². The van der Waals surface area contributed by atoms with E-state index in [1.165, 1.54) is 5.56 Å². The van der Waals surface area contributed by atoms with Crippen LogP contribution in [0.4, 0.5) is 0 Å². The summed E-state index contributed by atoms with van der Waals surface area (Å²) in [6.45, 7) is 8.52. The van der Waals surface area contributed by atoms with Crippen molar-refractivity contribution in [2.75, 3.05) is 7.11 Å². The fourth-order valence-electron chi connectivity index (χ4n) is 3.43. The molecule has 3 rings (SSSR count). The Morgan fingerprint density at radius 3 is 2.27 bits per heavy atom. The third kappa shape index (κ3) is 2.96. The summed E-state index contributed by atoms with van der Waals surface area (Å²) < 4.78 is 7.34. The van der Waals surface area contributed by atoms with E-state index in [2.05, 4.69) is 45.0 Å². The Bertz CT molecular complexity index is 960. The smallest absolute Gasteiger partial charge is 0.338 e. The number of carboxylic acid groups (broad SMARTS) is 1. The van der Waals surface area contributed by atoms with Crippen molar-refractivity contribution in [3.63, 3.8) is 0 Å². The second kappa shape index (κ2) is 6.52. The highest BCUT2D eigenvalue weighted by Gasteiger charge is 2.23. The van der Waals surface area contributed by atoms with Crippen LogP contribution in [0.1, 0.15) is 49.3 Å². The predicted octanol–water partition coefficient (Wildman–Crippen LogP) is 5.20. The van der Waals surface area contributed by atoms with Crippen LogP contribution in [-0.4, -0.2) is 22.8 Å². The topological polar surface area (TPSA) is 51.5 Å². The molecule has 0 atom stereocenters. The number of carbonyl (C=O) groups is 1. The monoisotopic (exact) mass is 351 g/mol. The number of ether oxygens (including phenoxy) is 1. The average Bonchev–Trinajstić information content (AvgIpc) is 2.94. The molecule has 0 fully saturated rings. The molecule has 0 aliphatic carbocycles.